The lowest BCUT2D eigenvalue weighted by molar-refractivity contribution is -0.385. The van der Waals surface area contributed by atoms with Crippen LogP contribution in [-0.2, 0) is 26.5 Å². The minimum Gasteiger partial charge on any atom is -0.266 e. The van der Waals surface area contributed by atoms with Crippen molar-refractivity contribution in [2.45, 2.75) is 16.2 Å². The summed E-state index contributed by atoms with van der Waals surface area (Å²) in [5, 5.41) is 10.9. The van der Waals surface area contributed by atoms with E-state index in [1.807, 2.05) is 0 Å². The van der Waals surface area contributed by atoms with Gasteiger partial charge < -0.3 is 0 Å². The van der Waals surface area contributed by atoms with Gasteiger partial charge in [0.25, 0.3) is 15.7 Å². The fourth-order valence-electron chi connectivity index (χ4n) is 2.85. The zero-order valence-electron chi connectivity index (χ0n) is 14.6. The highest BCUT2D eigenvalue weighted by atomic mass is 32.2. The Hall–Kier alpha value is -2.50. The lowest BCUT2D eigenvalue weighted by Crippen LogP contribution is -2.29. The van der Waals surface area contributed by atoms with Crippen molar-refractivity contribution in [3.05, 3.63) is 58.1 Å². The van der Waals surface area contributed by atoms with E-state index in [0.29, 0.717) is 17.7 Å². The summed E-state index contributed by atoms with van der Waals surface area (Å²) in [5.41, 5.74) is 0.647. The van der Waals surface area contributed by atoms with Gasteiger partial charge in [0.2, 0.25) is 10.0 Å². The summed E-state index contributed by atoms with van der Waals surface area (Å²) in [6.45, 7) is 0.131. The summed E-state index contributed by atoms with van der Waals surface area (Å²) in [4.78, 5) is 10.2. The van der Waals surface area contributed by atoms with E-state index in [2.05, 4.69) is 0 Å². The second kappa shape index (κ2) is 6.59. The lowest BCUT2D eigenvalue weighted by Gasteiger charge is -2.20. The Morgan fingerprint density at radius 3 is 2.37 bits per heavy atom. The summed E-state index contributed by atoms with van der Waals surface area (Å²) in [7, 11) is -4.80. The fourth-order valence-corrected chi connectivity index (χ4v) is 5.35. The molecule has 0 atom stereocenters. The number of nitro benzene ring substituents is 1. The molecule has 0 aromatic heterocycles. The Balaban J connectivity index is 2.03. The number of rotatable bonds is 5. The first-order chi connectivity index (χ1) is 12.5. The third kappa shape index (κ3) is 3.29. The summed E-state index contributed by atoms with van der Waals surface area (Å²) in [5.74, 6) is 0. The highest BCUT2D eigenvalue weighted by Crippen LogP contribution is 2.35. The molecule has 1 heterocycles. The Morgan fingerprint density at radius 1 is 1.04 bits per heavy atom. The molecule has 0 unspecified atom stereocenters. The van der Waals surface area contributed by atoms with Gasteiger partial charge in [-0.3, -0.25) is 14.4 Å². The van der Waals surface area contributed by atoms with Crippen LogP contribution in [0.1, 0.15) is 5.56 Å². The number of non-ortho nitro benzene ring substituents is 1. The molecule has 27 heavy (non-hydrogen) atoms. The van der Waals surface area contributed by atoms with Crippen LogP contribution in [-0.4, -0.2) is 46.7 Å². The summed E-state index contributed by atoms with van der Waals surface area (Å²) >= 11 is 0. The van der Waals surface area contributed by atoms with E-state index in [9.17, 15) is 26.9 Å². The average Bonchev–Trinajstić information content (AvgIpc) is 3.05. The third-order valence-corrected chi connectivity index (χ3v) is 7.92. The Morgan fingerprint density at radius 2 is 1.74 bits per heavy atom. The van der Waals surface area contributed by atoms with Gasteiger partial charge in [-0.05, 0) is 36.2 Å². The van der Waals surface area contributed by atoms with E-state index in [4.69, 9.17) is 0 Å². The van der Waals surface area contributed by atoms with Gasteiger partial charge in [-0.25, -0.2) is 21.1 Å². The van der Waals surface area contributed by atoms with Gasteiger partial charge in [-0.15, -0.1) is 0 Å². The van der Waals surface area contributed by atoms with Gasteiger partial charge in [0.15, 0.2) is 0 Å². The fraction of sp³-hybridized carbons (Fsp3) is 0.250. The van der Waals surface area contributed by atoms with Gasteiger partial charge in [0.1, 0.15) is 0 Å². The van der Waals surface area contributed by atoms with Crippen molar-refractivity contribution in [1.29, 1.82) is 0 Å². The van der Waals surface area contributed by atoms with Crippen LogP contribution in [0.2, 0.25) is 0 Å². The van der Waals surface area contributed by atoms with E-state index in [1.54, 1.807) is 0 Å². The zero-order chi connectivity index (χ0) is 20.0. The standard InChI is InChI=1S/C16H17N3O6S2/c1-17(2)26(22,23)15-6-7-16-12(10-15)8-9-18(16)27(24,25)14-5-3-4-13(11-14)19(20)21/h3-7,10-11H,8-9H2,1-2H3. The van der Waals surface area contributed by atoms with Crippen LogP contribution >= 0.6 is 0 Å². The lowest BCUT2D eigenvalue weighted by atomic mass is 10.2. The Kier molecular flexibility index (Phi) is 4.70. The molecule has 11 heteroatoms. The first kappa shape index (κ1) is 19.3. The molecular weight excluding hydrogens is 394 g/mol. The van der Waals surface area contributed by atoms with E-state index in [1.165, 1.54) is 50.5 Å². The predicted octanol–water partition coefficient (Wildman–Crippen LogP) is 1.60. The molecule has 9 nitrogen and oxygen atoms in total. The minimum atomic E-state index is -4.00. The number of sulfonamides is 2. The molecule has 0 fully saturated rings. The molecule has 0 bridgehead atoms. The number of anilines is 1. The van der Waals surface area contributed by atoms with Crippen LogP contribution in [0.3, 0.4) is 0 Å². The maximum atomic E-state index is 12.9. The largest absolute Gasteiger partial charge is 0.270 e. The predicted molar refractivity (Wildman–Crippen MR) is 98.6 cm³/mol. The van der Waals surface area contributed by atoms with Crippen LogP contribution in [0.5, 0.6) is 0 Å². The van der Waals surface area contributed by atoms with E-state index < -0.39 is 25.0 Å². The maximum Gasteiger partial charge on any atom is 0.270 e. The molecule has 2 aromatic carbocycles. The minimum absolute atomic E-state index is 0.0841. The normalized spacial score (nSPS) is 14.4. The van der Waals surface area contributed by atoms with E-state index in [-0.39, 0.29) is 22.0 Å². The molecule has 0 saturated carbocycles. The molecule has 144 valence electrons. The van der Waals surface area contributed by atoms with Crippen LogP contribution in [0, 0.1) is 10.1 Å². The molecule has 0 radical (unpaired) electrons. The van der Waals surface area contributed by atoms with Gasteiger partial charge >= 0.3 is 0 Å². The third-order valence-electron chi connectivity index (χ3n) is 4.30. The summed E-state index contributed by atoms with van der Waals surface area (Å²) in [6, 6.07) is 9.12. The molecule has 0 aliphatic carbocycles. The molecule has 1 aliphatic rings. The molecule has 1 aliphatic heterocycles. The number of benzene rings is 2. The molecule has 2 aromatic rings. The smallest absolute Gasteiger partial charge is 0.266 e. The quantitative estimate of drug-likeness (QED) is 0.545. The van der Waals surface area contributed by atoms with Gasteiger partial charge in [0.05, 0.1) is 20.4 Å². The van der Waals surface area contributed by atoms with Crippen LogP contribution in [0.15, 0.2) is 52.3 Å². The van der Waals surface area contributed by atoms with Gasteiger partial charge in [-0.1, -0.05) is 6.07 Å². The highest BCUT2D eigenvalue weighted by Gasteiger charge is 2.32. The van der Waals surface area contributed by atoms with Crippen molar-refractivity contribution in [2.75, 3.05) is 24.9 Å². The van der Waals surface area contributed by atoms with Crippen molar-refractivity contribution in [3.8, 4) is 0 Å². The zero-order valence-corrected chi connectivity index (χ0v) is 16.2. The second-order valence-electron chi connectivity index (χ2n) is 6.16. The Bertz CT molecular complexity index is 1130. The summed E-state index contributed by atoms with van der Waals surface area (Å²) in [6.07, 6.45) is 0.347. The highest BCUT2D eigenvalue weighted by molar-refractivity contribution is 7.92. The molecule has 3 rings (SSSR count). The summed E-state index contributed by atoms with van der Waals surface area (Å²) < 4.78 is 52.6. The van der Waals surface area contributed by atoms with Crippen molar-refractivity contribution in [1.82, 2.24) is 4.31 Å². The molecule has 0 amide bonds. The van der Waals surface area contributed by atoms with E-state index in [0.717, 1.165) is 14.7 Å². The topological polar surface area (TPSA) is 118 Å². The van der Waals surface area contributed by atoms with Crippen molar-refractivity contribution in [3.63, 3.8) is 0 Å². The number of hydrogen-bond donors (Lipinski definition) is 0. The van der Waals surface area contributed by atoms with E-state index >= 15 is 0 Å². The number of fused-ring (bicyclic) bond motifs is 1. The average molecular weight is 411 g/mol. The monoisotopic (exact) mass is 411 g/mol. The van der Waals surface area contributed by atoms with Crippen LogP contribution in [0.25, 0.3) is 0 Å². The Labute approximate surface area is 157 Å². The van der Waals surface area contributed by atoms with Crippen molar-refractivity contribution in [2.24, 2.45) is 0 Å². The second-order valence-corrected chi connectivity index (χ2v) is 10.2. The van der Waals surface area contributed by atoms with Gasteiger partial charge in [0, 0.05) is 32.8 Å². The number of hydrogen-bond acceptors (Lipinski definition) is 6. The maximum absolute atomic E-state index is 12.9. The van der Waals surface area contributed by atoms with Crippen molar-refractivity contribution >= 4 is 31.4 Å². The number of nitrogens with zero attached hydrogens (tertiary/aromatic N) is 3. The van der Waals surface area contributed by atoms with Crippen LogP contribution in [0.4, 0.5) is 11.4 Å². The van der Waals surface area contributed by atoms with Crippen LogP contribution < -0.4 is 4.31 Å². The SMILES string of the molecule is CN(C)S(=O)(=O)c1ccc2c(c1)CCN2S(=O)(=O)c1cccc([N+](=O)[O-])c1. The number of nitro groups is 1. The van der Waals surface area contributed by atoms with Gasteiger partial charge in [-0.2, -0.15) is 0 Å². The molecule has 0 spiro atoms. The molecule has 0 saturated heterocycles. The molecular formula is C16H17N3O6S2. The van der Waals surface area contributed by atoms with Crippen molar-refractivity contribution < 1.29 is 21.8 Å². The first-order valence-electron chi connectivity index (χ1n) is 7.88. The molecule has 0 N–H and O–H groups in total. The first-order valence-corrected chi connectivity index (χ1v) is 10.8.